The average Bonchev–Trinajstić information content (AvgIpc) is 2.93. The smallest absolute Gasteiger partial charge is 0.277 e. The first-order valence-corrected chi connectivity index (χ1v) is 14.5. The zero-order valence-electron chi connectivity index (χ0n) is 22.7. The summed E-state index contributed by atoms with van der Waals surface area (Å²) in [6.07, 6.45) is 1.90. The molecule has 0 amide bonds. The molecule has 1 atom stereocenters. The Kier molecular flexibility index (Phi) is 8.63. The van der Waals surface area contributed by atoms with Crippen LogP contribution in [0.5, 0.6) is 5.88 Å². The molecule has 0 radical (unpaired) electrons. The number of hydrogen-bond acceptors (Lipinski definition) is 7. The van der Waals surface area contributed by atoms with Crippen molar-refractivity contribution in [1.29, 1.82) is 5.26 Å². The van der Waals surface area contributed by atoms with Crippen LogP contribution >= 0.6 is 0 Å². The highest BCUT2D eigenvalue weighted by atomic mass is 32.2. The summed E-state index contributed by atoms with van der Waals surface area (Å²) in [6.45, 7) is 5.31. The second-order valence-corrected chi connectivity index (χ2v) is 11.4. The number of unbranched alkanes of at least 4 members (excludes halogenated alkanes) is 1. The number of nitriles is 1. The molecule has 212 valence electrons. The van der Waals surface area contributed by atoms with Gasteiger partial charge in [0, 0.05) is 17.7 Å². The summed E-state index contributed by atoms with van der Waals surface area (Å²) in [5.74, 6) is -2.15. The fourth-order valence-corrected chi connectivity index (χ4v) is 6.12. The largest absolute Gasteiger partial charge is 0.492 e. The lowest BCUT2D eigenvalue weighted by atomic mass is 10.0. The fraction of sp³-hybridized carbons (Fsp3) is 0.267. The number of aryl methyl sites for hydroxylation is 2. The maximum atomic E-state index is 14.5. The van der Waals surface area contributed by atoms with Crippen LogP contribution in [0, 0.1) is 30.0 Å². The number of hydrogen-bond donors (Lipinski definition) is 1. The van der Waals surface area contributed by atoms with E-state index >= 15 is 0 Å². The van der Waals surface area contributed by atoms with Crippen molar-refractivity contribution in [2.45, 2.75) is 62.3 Å². The number of halogens is 2. The highest BCUT2D eigenvalue weighted by Gasteiger charge is 2.31. The Morgan fingerprint density at radius 3 is 2.34 bits per heavy atom. The zero-order chi connectivity index (χ0) is 29.9. The van der Waals surface area contributed by atoms with Crippen molar-refractivity contribution in [2.24, 2.45) is 0 Å². The van der Waals surface area contributed by atoms with Gasteiger partial charge in [0.15, 0.2) is 4.90 Å². The molecule has 8 nitrogen and oxygen atoms in total. The van der Waals surface area contributed by atoms with Gasteiger partial charge in [-0.05, 0) is 67.3 Å². The van der Waals surface area contributed by atoms with E-state index in [2.05, 4.69) is 9.97 Å². The third kappa shape index (κ3) is 5.74. The summed E-state index contributed by atoms with van der Waals surface area (Å²) in [6, 6.07) is 13.2. The molecule has 0 aliphatic heterocycles. The number of benzene rings is 2. The summed E-state index contributed by atoms with van der Waals surface area (Å²) in [5.41, 5.74) is 0.804. The number of sulfone groups is 1. The van der Waals surface area contributed by atoms with Crippen LogP contribution in [0.25, 0.3) is 11.1 Å². The third-order valence-corrected chi connectivity index (χ3v) is 8.66. The molecule has 41 heavy (non-hydrogen) atoms. The topological polar surface area (TPSA) is 126 Å². The van der Waals surface area contributed by atoms with E-state index in [1.54, 1.807) is 19.9 Å². The quantitative estimate of drug-likeness (QED) is 0.255. The first-order valence-electron chi connectivity index (χ1n) is 13.1. The van der Waals surface area contributed by atoms with Gasteiger partial charge in [-0.3, -0.25) is 9.36 Å². The highest BCUT2D eigenvalue weighted by molar-refractivity contribution is 7.91. The molecule has 4 rings (SSSR count). The Bertz CT molecular complexity index is 1810. The Hall–Kier alpha value is -4.43. The maximum Gasteiger partial charge on any atom is 0.277 e. The second-order valence-electron chi connectivity index (χ2n) is 9.53. The number of aromatic hydroxyl groups is 1. The van der Waals surface area contributed by atoms with Gasteiger partial charge in [0.1, 0.15) is 17.7 Å². The van der Waals surface area contributed by atoms with Crippen LogP contribution in [0.3, 0.4) is 0 Å². The summed E-state index contributed by atoms with van der Waals surface area (Å²) in [5, 5.41) is 19.9. The zero-order valence-corrected chi connectivity index (χ0v) is 23.5. The number of nitrogens with zero attached hydrogens (tertiary/aromatic N) is 4. The summed E-state index contributed by atoms with van der Waals surface area (Å²) in [4.78, 5) is 20.7. The molecule has 0 saturated heterocycles. The van der Waals surface area contributed by atoms with Gasteiger partial charge in [-0.15, -0.1) is 0 Å². The van der Waals surface area contributed by atoms with Crippen molar-refractivity contribution in [3.8, 4) is 23.1 Å². The first kappa shape index (κ1) is 29.6. The molecule has 2 aromatic heterocycles. The molecule has 0 unspecified atom stereocenters. The Balaban J connectivity index is 1.87. The van der Waals surface area contributed by atoms with Crippen LogP contribution in [0.4, 0.5) is 8.78 Å². The third-order valence-electron chi connectivity index (χ3n) is 6.88. The van der Waals surface area contributed by atoms with Crippen LogP contribution < -0.4 is 5.56 Å². The number of aromatic nitrogens is 3. The molecule has 11 heteroatoms. The van der Waals surface area contributed by atoms with Crippen LogP contribution in [-0.2, 0) is 16.3 Å². The van der Waals surface area contributed by atoms with E-state index in [0.717, 1.165) is 12.5 Å². The van der Waals surface area contributed by atoms with Crippen molar-refractivity contribution in [3.63, 3.8) is 0 Å². The molecular weight excluding hydrogens is 550 g/mol. The van der Waals surface area contributed by atoms with Gasteiger partial charge in [-0.1, -0.05) is 38.5 Å². The van der Waals surface area contributed by atoms with Gasteiger partial charge < -0.3 is 5.11 Å². The van der Waals surface area contributed by atoms with Gasteiger partial charge in [0.25, 0.3) is 5.56 Å². The molecule has 4 aromatic rings. The normalized spacial score (nSPS) is 12.2. The Morgan fingerprint density at radius 1 is 1.05 bits per heavy atom. The van der Waals surface area contributed by atoms with Crippen molar-refractivity contribution in [2.75, 3.05) is 0 Å². The van der Waals surface area contributed by atoms with Crippen molar-refractivity contribution in [1.82, 2.24) is 14.5 Å². The SMILES string of the molecule is CCCCc1nc(O)c(S(=O)(=O)c2ccc(-c3ccc(F)nc3C)cc2)c(=O)n1[C@@H](CC)c1ccc(C#N)c(F)c1. The predicted octanol–water partition coefficient (Wildman–Crippen LogP) is 5.64. The Labute approximate surface area is 236 Å². The van der Waals surface area contributed by atoms with E-state index in [0.29, 0.717) is 28.8 Å². The number of rotatable bonds is 9. The molecule has 1 N–H and O–H groups in total. The average molecular weight is 579 g/mol. The highest BCUT2D eigenvalue weighted by Crippen LogP contribution is 2.31. The minimum absolute atomic E-state index is 0.163. The lowest BCUT2D eigenvalue weighted by molar-refractivity contribution is 0.406. The minimum atomic E-state index is -4.56. The van der Waals surface area contributed by atoms with E-state index in [9.17, 15) is 27.1 Å². The molecule has 2 aromatic carbocycles. The molecular formula is C30H28F2N4O4S. The van der Waals surface area contributed by atoms with Crippen LogP contribution in [0.15, 0.2) is 69.2 Å². The van der Waals surface area contributed by atoms with Crippen molar-refractivity contribution in [3.05, 3.63) is 99.4 Å². The van der Waals surface area contributed by atoms with Crippen LogP contribution in [0.2, 0.25) is 0 Å². The van der Waals surface area contributed by atoms with Gasteiger partial charge in [-0.2, -0.15) is 14.6 Å². The van der Waals surface area contributed by atoms with Gasteiger partial charge >= 0.3 is 0 Å². The predicted molar refractivity (Wildman–Crippen MR) is 148 cm³/mol. The number of pyridine rings is 1. The van der Waals surface area contributed by atoms with Crippen LogP contribution in [0.1, 0.15) is 61.8 Å². The molecule has 2 heterocycles. The fourth-order valence-electron chi connectivity index (χ4n) is 4.78. The van der Waals surface area contributed by atoms with E-state index in [1.807, 2.05) is 6.92 Å². The molecule has 0 spiro atoms. The monoisotopic (exact) mass is 578 g/mol. The minimum Gasteiger partial charge on any atom is -0.492 e. The van der Waals surface area contributed by atoms with Gasteiger partial charge in [0.2, 0.25) is 21.7 Å². The standard InChI is InChI=1S/C30H28F2N4O4S/c1-4-6-7-27-35-29(37)28(30(38)36(27)25(5-2)20-8-9-21(17-33)24(31)16-20)41(39,40)22-12-10-19(11-13-22)23-14-15-26(32)34-18(23)3/h8-16,25,37H,4-7H2,1-3H3/t25-/m0/s1. The van der Waals surface area contributed by atoms with E-state index < -0.39 is 44.0 Å². The van der Waals surface area contributed by atoms with Crippen molar-refractivity contribution < 1.29 is 22.3 Å². The summed E-state index contributed by atoms with van der Waals surface area (Å²) < 4.78 is 56.6. The molecule has 0 aliphatic carbocycles. The van der Waals surface area contributed by atoms with Crippen molar-refractivity contribution >= 4 is 9.84 Å². The van der Waals surface area contributed by atoms with E-state index in [4.69, 9.17) is 5.26 Å². The molecule has 0 saturated carbocycles. The lowest BCUT2D eigenvalue weighted by Gasteiger charge is -2.23. The molecule has 0 fully saturated rings. The van der Waals surface area contributed by atoms with Gasteiger partial charge in [-0.25, -0.2) is 17.8 Å². The maximum absolute atomic E-state index is 14.5. The van der Waals surface area contributed by atoms with Gasteiger partial charge in [0.05, 0.1) is 16.5 Å². The first-order chi connectivity index (χ1) is 19.5. The Morgan fingerprint density at radius 2 is 1.76 bits per heavy atom. The summed E-state index contributed by atoms with van der Waals surface area (Å²) in [7, 11) is -4.56. The second kappa shape index (κ2) is 12.0. The molecule has 0 bridgehead atoms. The van der Waals surface area contributed by atoms with Crippen LogP contribution in [-0.4, -0.2) is 28.1 Å². The summed E-state index contributed by atoms with van der Waals surface area (Å²) >= 11 is 0. The molecule has 0 aliphatic rings. The lowest BCUT2D eigenvalue weighted by Crippen LogP contribution is -2.33. The van der Waals surface area contributed by atoms with E-state index in [-0.39, 0.29) is 29.1 Å². The van der Waals surface area contributed by atoms with E-state index in [1.165, 1.54) is 53.1 Å².